The molecule has 0 radical (unpaired) electrons. The zero-order valence-corrected chi connectivity index (χ0v) is 12.6. The third-order valence-corrected chi connectivity index (χ3v) is 2.38. The molecule has 3 N–H and O–H groups in total. The molecule has 0 aliphatic rings. The van der Waals surface area contributed by atoms with E-state index in [1.54, 1.807) is 14.0 Å². The lowest BCUT2D eigenvalue weighted by molar-refractivity contribution is -0.128. The molecule has 0 aromatic rings. The Morgan fingerprint density at radius 2 is 1.84 bits per heavy atom. The van der Waals surface area contributed by atoms with E-state index in [-0.39, 0.29) is 17.4 Å². The van der Waals surface area contributed by atoms with Crippen LogP contribution in [0.2, 0.25) is 0 Å². The smallest absolute Gasteiger partial charge is 0.242 e. The molecular formula is C13H27N3O3. The Morgan fingerprint density at radius 3 is 2.37 bits per heavy atom. The molecule has 0 saturated heterocycles. The fourth-order valence-electron chi connectivity index (χ4n) is 1.36. The molecule has 0 saturated carbocycles. The second-order valence-corrected chi connectivity index (χ2v) is 5.50. The molecule has 1 unspecified atom stereocenters. The van der Waals surface area contributed by atoms with Crippen molar-refractivity contribution in [3.8, 4) is 0 Å². The fraction of sp³-hybridized carbons (Fsp3) is 0.846. The van der Waals surface area contributed by atoms with Gasteiger partial charge in [0.05, 0.1) is 6.61 Å². The van der Waals surface area contributed by atoms with E-state index in [4.69, 9.17) is 4.74 Å². The van der Waals surface area contributed by atoms with Crippen LogP contribution in [0.25, 0.3) is 0 Å². The van der Waals surface area contributed by atoms with Crippen LogP contribution in [-0.2, 0) is 14.3 Å². The predicted octanol–water partition coefficient (Wildman–Crippen LogP) is 0.0319. The van der Waals surface area contributed by atoms with E-state index in [1.807, 2.05) is 20.8 Å². The topological polar surface area (TPSA) is 79.5 Å². The average molecular weight is 273 g/mol. The fourth-order valence-corrected chi connectivity index (χ4v) is 1.36. The zero-order chi connectivity index (χ0) is 14.9. The van der Waals surface area contributed by atoms with Gasteiger partial charge in [-0.3, -0.25) is 9.59 Å². The van der Waals surface area contributed by atoms with E-state index in [2.05, 4.69) is 16.0 Å². The highest BCUT2D eigenvalue weighted by atomic mass is 16.5. The van der Waals surface area contributed by atoms with Crippen LogP contribution >= 0.6 is 0 Å². The lowest BCUT2D eigenvalue weighted by atomic mass is 10.1. The first-order chi connectivity index (χ1) is 8.76. The molecule has 0 aromatic heterocycles. The molecule has 1 atom stereocenters. The number of hydrogen-bond acceptors (Lipinski definition) is 4. The second-order valence-electron chi connectivity index (χ2n) is 5.50. The molecule has 19 heavy (non-hydrogen) atoms. The summed E-state index contributed by atoms with van der Waals surface area (Å²) < 4.78 is 4.83. The SMILES string of the molecule is COCCNC(=O)C(C)NC(=O)CCNC(C)(C)C. The van der Waals surface area contributed by atoms with Crippen LogP contribution in [0.4, 0.5) is 0 Å². The van der Waals surface area contributed by atoms with Crippen molar-refractivity contribution in [1.82, 2.24) is 16.0 Å². The van der Waals surface area contributed by atoms with Crippen molar-refractivity contribution >= 4 is 11.8 Å². The number of hydrogen-bond donors (Lipinski definition) is 3. The van der Waals surface area contributed by atoms with Crippen LogP contribution in [-0.4, -0.2) is 50.2 Å². The first-order valence-electron chi connectivity index (χ1n) is 6.57. The van der Waals surface area contributed by atoms with Crippen molar-refractivity contribution in [3.63, 3.8) is 0 Å². The van der Waals surface area contributed by atoms with Crippen LogP contribution in [0.5, 0.6) is 0 Å². The number of amides is 2. The highest BCUT2D eigenvalue weighted by Crippen LogP contribution is 1.98. The quantitative estimate of drug-likeness (QED) is 0.545. The van der Waals surface area contributed by atoms with E-state index >= 15 is 0 Å². The minimum Gasteiger partial charge on any atom is -0.383 e. The maximum Gasteiger partial charge on any atom is 0.242 e. The largest absolute Gasteiger partial charge is 0.383 e. The van der Waals surface area contributed by atoms with Crippen LogP contribution in [0.3, 0.4) is 0 Å². The van der Waals surface area contributed by atoms with Crippen LogP contribution in [0.15, 0.2) is 0 Å². The van der Waals surface area contributed by atoms with E-state index in [0.717, 1.165) is 0 Å². The molecule has 0 aliphatic carbocycles. The van der Waals surface area contributed by atoms with Gasteiger partial charge in [-0.05, 0) is 27.7 Å². The molecule has 0 heterocycles. The van der Waals surface area contributed by atoms with E-state index < -0.39 is 6.04 Å². The predicted molar refractivity (Wildman–Crippen MR) is 74.9 cm³/mol. The van der Waals surface area contributed by atoms with Gasteiger partial charge in [-0.1, -0.05) is 0 Å². The molecule has 0 rings (SSSR count). The summed E-state index contributed by atoms with van der Waals surface area (Å²) in [6, 6.07) is -0.529. The van der Waals surface area contributed by atoms with Gasteiger partial charge in [-0.15, -0.1) is 0 Å². The monoisotopic (exact) mass is 273 g/mol. The summed E-state index contributed by atoms with van der Waals surface area (Å²) in [6.45, 7) is 9.28. The van der Waals surface area contributed by atoms with E-state index in [9.17, 15) is 9.59 Å². The minimum absolute atomic E-state index is 0.0105. The van der Waals surface area contributed by atoms with Gasteiger partial charge >= 0.3 is 0 Å². The Kier molecular flexibility index (Phi) is 8.34. The van der Waals surface area contributed by atoms with Gasteiger partial charge in [-0.2, -0.15) is 0 Å². The summed E-state index contributed by atoms with van der Waals surface area (Å²) in [4.78, 5) is 23.2. The number of ether oxygens (including phenoxy) is 1. The van der Waals surface area contributed by atoms with Gasteiger partial charge in [0.25, 0.3) is 0 Å². The summed E-state index contributed by atoms with van der Waals surface area (Å²) in [7, 11) is 1.57. The number of carbonyl (C=O) groups excluding carboxylic acids is 2. The van der Waals surface area contributed by atoms with Gasteiger partial charge in [0.15, 0.2) is 0 Å². The molecule has 0 aliphatic heterocycles. The van der Waals surface area contributed by atoms with Gasteiger partial charge < -0.3 is 20.7 Å². The molecule has 6 heteroatoms. The maximum atomic E-state index is 11.6. The Bertz CT molecular complexity index is 287. The van der Waals surface area contributed by atoms with E-state index in [1.165, 1.54) is 0 Å². The van der Waals surface area contributed by atoms with Crippen molar-refractivity contribution in [3.05, 3.63) is 0 Å². The Balaban J connectivity index is 3.82. The van der Waals surface area contributed by atoms with Crippen molar-refractivity contribution in [2.45, 2.75) is 45.7 Å². The summed E-state index contributed by atoms with van der Waals surface area (Å²) in [5.41, 5.74) is -0.0105. The van der Waals surface area contributed by atoms with Gasteiger partial charge in [0.2, 0.25) is 11.8 Å². The number of nitrogens with one attached hydrogen (secondary N) is 3. The van der Waals surface area contributed by atoms with Crippen LogP contribution in [0, 0.1) is 0 Å². The number of methoxy groups -OCH3 is 1. The molecule has 0 aromatic carbocycles. The first-order valence-corrected chi connectivity index (χ1v) is 6.57. The lowest BCUT2D eigenvalue weighted by Crippen LogP contribution is -2.46. The van der Waals surface area contributed by atoms with E-state index in [0.29, 0.717) is 26.1 Å². The zero-order valence-electron chi connectivity index (χ0n) is 12.6. The summed E-state index contributed by atoms with van der Waals surface area (Å²) in [5.74, 6) is -0.333. The Labute approximate surface area is 115 Å². The third-order valence-electron chi connectivity index (χ3n) is 2.38. The standard InChI is InChI=1S/C13H27N3O3/c1-10(12(18)14-8-9-19-5)16-11(17)6-7-15-13(2,3)4/h10,15H,6-9H2,1-5H3,(H,14,18)(H,16,17). The molecule has 0 fully saturated rings. The molecule has 0 bridgehead atoms. The third kappa shape index (κ3) is 10.5. The Morgan fingerprint density at radius 1 is 1.21 bits per heavy atom. The number of rotatable bonds is 8. The van der Waals surface area contributed by atoms with Crippen molar-refractivity contribution in [1.29, 1.82) is 0 Å². The molecular weight excluding hydrogens is 246 g/mol. The molecule has 112 valence electrons. The van der Waals surface area contributed by atoms with Crippen LogP contribution in [0.1, 0.15) is 34.1 Å². The van der Waals surface area contributed by atoms with Crippen molar-refractivity contribution < 1.29 is 14.3 Å². The molecule has 6 nitrogen and oxygen atoms in total. The van der Waals surface area contributed by atoms with Crippen molar-refractivity contribution in [2.24, 2.45) is 0 Å². The maximum absolute atomic E-state index is 11.6. The Hall–Kier alpha value is -1.14. The normalized spacial score (nSPS) is 12.9. The highest BCUT2D eigenvalue weighted by molar-refractivity contribution is 5.87. The van der Waals surface area contributed by atoms with Crippen LogP contribution < -0.4 is 16.0 Å². The van der Waals surface area contributed by atoms with Gasteiger partial charge in [-0.25, -0.2) is 0 Å². The van der Waals surface area contributed by atoms with Gasteiger partial charge in [0, 0.05) is 32.2 Å². The summed E-state index contributed by atoms with van der Waals surface area (Å²) in [6.07, 6.45) is 0.354. The highest BCUT2D eigenvalue weighted by Gasteiger charge is 2.15. The van der Waals surface area contributed by atoms with Crippen molar-refractivity contribution in [2.75, 3.05) is 26.8 Å². The summed E-state index contributed by atoms with van der Waals surface area (Å²) >= 11 is 0. The second kappa shape index (κ2) is 8.87. The molecule has 0 spiro atoms. The lowest BCUT2D eigenvalue weighted by Gasteiger charge is -2.20. The summed E-state index contributed by atoms with van der Waals surface area (Å²) in [5, 5.41) is 8.56. The average Bonchev–Trinajstić information content (AvgIpc) is 2.27. The first kappa shape index (κ1) is 17.9. The molecule has 2 amide bonds. The van der Waals surface area contributed by atoms with Gasteiger partial charge in [0.1, 0.15) is 6.04 Å². The minimum atomic E-state index is -0.529. The number of carbonyl (C=O) groups is 2.